The molecule has 3 rings (SSSR count). The first-order valence-corrected chi connectivity index (χ1v) is 7.94. The fourth-order valence-electron chi connectivity index (χ4n) is 2.68. The van der Waals surface area contributed by atoms with Gasteiger partial charge in [0.2, 0.25) is 5.91 Å². The molecule has 0 saturated heterocycles. The highest BCUT2D eigenvalue weighted by Crippen LogP contribution is 2.28. The molecule has 1 saturated carbocycles. The Balaban J connectivity index is 1.51. The van der Waals surface area contributed by atoms with Gasteiger partial charge in [-0.05, 0) is 37.9 Å². The van der Waals surface area contributed by atoms with Crippen LogP contribution in [-0.4, -0.2) is 47.1 Å². The molecule has 2 aromatic rings. The fraction of sp³-hybridized carbons (Fsp3) is 0.467. The molecular formula is C15H19N3O2S. The second-order valence-electron chi connectivity index (χ2n) is 5.72. The minimum atomic E-state index is -0.139. The number of hydrogen-bond acceptors (Lipinski definition) is 5. The van der Waals surface area contributed by atoms with Crippen molar-refractivity contribution in [2.45, 2.75) is 18.9 Å². The highest BCUT2D eigenvalue weighted by molar-refractivity contribution is 7.22. The van der Waals surface area contributed by atoms with Gasteiger partial charge in [0.05, 0.1) is 22.9 Å². The van der Waals surface area contributed by atoms with Gasteiger partial charge in [-0.3, -0.25) is 9.69 Å². The molecule has 0 radical (unpaired) electrons. The third-order valence-corrected chi connectivity index (χ3v) is 4.69. The molecule has 1 fully saturated rings. The standard InChI is InChI=1S/C15H19N3O2S/c1-18(8-10-6-11(19)7-10)9-14(20)17-15-16-12-4-2-3-5-13(12)21-15/h2-5,10-11,19H,6-9H2,1H3,(H,16,17,20). The van der Waals surface area contributed by atoms with Gasteiger partial charge < -0.3 is 10.4 Å². The number of aromatic nitrogens is 1. The monoisotopic (exact) mass is 305 g/mol. The summed E-state index contributed by atoms with van der Waals surface area (Å²) in [7, 11) is 1.93. The molecule has 0 aliphatic heterocycles. The van der Waals surface area contributed by atoms with Crippen molar-refractivity contribution >= 4 is 32.6 Å². The molecule has 0 atom stereocenters. The number of aliphatic hydroxyl groups excluding tert-OH is 1. The Morgan fingerprint density at radius 1 is 1.48 bits per heavy atom. The number of thiazole rings is 1. The first kappa shape index (κ1) is 14.4. The molecule has 1 aromatic heterocycles. The van der Waals surface area contributed by atoms with Crippen LogP contribution in [0.4, 0.5) is 5.13 Å². The lowest BCUT2D eigenvalue weighted by Crippen LogP contribution is -2.39. The zero-order valence-electron chi connectivity index (χ0n) is 12.0. The molecule has 0 unspecified atom stereocenters. The lowest BCUT2D eigenvalue weighted by molar-refractivity contribution is -0.117. The Hall–Kier alpha value is -1.50. The summed E-state index contributed by atoms with van der Waals surface area (Å²) in [6, 6.07) is 7.84. The molecule has 2 N–H and O–H groups in total. The van der Waals surface area contributed by atoms with Crippen molar-refractivity contribution in [3.05, 3.63) is 24.3 Å². The first-order valence-electron chi connectivity index (χ1n) is 7.12. The largest absolute Gasteiger partial charge is 0.393 e. The number of carbonyl (C=O) groups is 1. The van der Waals surface area contributed by atoms with Crippen LogP contribution in [0.2, 0.25) is 0 Å². The SMILES string of the molecule is CN(CC(=O)Nc1nc2ccccc2s1)CC1CC(O)C1. The molecule has 1 amide bonds. The van der Waals surface area contributed by atoms with Gasteiger partial charge in [-0.1, -0.05) is 23.5 Å². The second kappa shape index (κ2) is 6.09. The van der Waals surface area contributed by atoms with Crippen molar-refractivity contribution in [2.75, 3.05) is 25.5 Å². The number of hydrogen-bond donors (Lipinski definition) is 2. The fourth-order valence-corrected chi connectivity index (χ4v) is 3.57. The summed E-state index contributed by atoms with van der Waals surface area (Å²) >= 11 is 1.49. The van der Waals surface area contributed by atoms with Crippen LogP contribution in [0, 0.1) is 5.92 Å². The second-order valence-corrected chi connectivity index (χ2v) is 6.75. The first-order chi connectivity index (χ1) is 10.1. The van der Waals surface area contributed by atoms with Gasteiger partial charge in [-0.25, -0.2) is 4.98 Å². The number of carbonyl (C=O) groups excluding carboxylic acids is 1. The van der Waals surface area contributed by atoms with Crippen LogP contribution >= 0.6 is 11.3 Å². The number of rotatable bonds is 5. The molecule has 0 bridgehead atoms. The van der Waals surface area contributed by atoms with E-state index in [2.05, 4.69) is 10.3 Å². The van der Waals surface area contributed by atoms with Crippen LogP contribution in [0.15, 0.2) is 24.3 Å². The number of likely N-dealkylation sites (N-methyl/N-ethyl adjacent to an activating group) is 1. The van der Waals surface area contributed by atoms with E-state index in [1.165, 1.54) is 11.3 Å². The molecule has 21 heavy (non-hydrogen) atoms. The molecule has 6 heteroatoms. The van der Waals surface area contributed by atoms with Crippen LogP contribution in [-0.2, 0) is 4.79 Å². The van der Waals surface area contributed by atoms with Crippen LogP contribution in [0.3, 0.4) is 0 Å². The average Bonchev–Trinajstić information content (AvgIpc) is 2.78. The van der Waals surface area contributed by atoms with E-state index in [9.17, 15) is 9.90 Å². The summed E-state index contributed by atoms with van der Waals surface area (Å²) in [5.74, 6) is 0.469. The van der Waals surface area contributed by atoms with E-state index in [1.54, 1.807) is 0 Å². The number of benzene rings is 1. The Bertz CT molecular complexity index is 604. The van der Waals surface area contributed by atoms with Gasteiger partial charge >= 0.3 is 0 Å². The third-order valence-electron chi connectivity index (χ3n) is 3.73. The number of anilines is 1. The van der Waals surface area contributed by atoms with Crippen molar-refractivity contribution in [3.63, 3.8) is 0 Å². The van der Waals surface area contributed by atoms with Crippen molar-refractivity contribution in [1.82, 2.24) is 9.88 Å². The molecule has 1 aliphatic carbocycles. The highest BCUT2D eigenvalue weighted by Gasteiger charge is 2.28. The Morgan fingerprint density at radius 3 is 2.95 bits per heavy atom. The van der Waals surface area contributed by atoms with Gasteiger partial charge in [-0.2, -0.15) is 0 Å². The number of nitrogens with one attached hydrogen (secondary N) is 1. The third kappa shape index (κ3) is 3.58. The normalized spacial score (nSPS) is 21.5. The topological polar surface area (TPSA) is 65.5 Å². The summed E-state index contributed by atoms with van der Waals surface area (Å²) in [4.78, 5) is 18.4. The van der Waals surface area contributed by atoms with Crippen molar-refractivity contribution < 1.29 is 9.90 Å². The minimum Gasteiger partial charge on any atom is -0.393 e. The van der Waals surface area contributed by atoms with E-state index in [-0.39, 0.29) is 12.0 Å². The van der Waals surface area contributed by atoms with Crippen LogP contribution in [0.25, 0.3) is 10.2 Å². The number of fused-ring (bicyclic) bond motifs is 1. The van der Waals surface area contributed by atoms with E-state index in [0.29, 0.717) is 17.6 Å². The summed E-state index contributed by atoms with van der Waals surface area (Å²) in [6.07, 6.45) is 1.56. The maximum Gasteiger partial charge on any atom is 0.240 e. The highest BCUT2D eigenvalue weighted by atomic mass is 32.1. The van der Waals surface area contributed by atoms with Gasteiger partial charge in [0.15, 0.2) is 5.13 Å². The van der Waals surface area contributed by atoms with E-state index >= 15 is 0 Å². The average molecular weight is 305 g/mol. The van der Waals surface area contributed by atoms with E-state index < -0.39 is 0 Å². The quantitative estimate of drug-likeness (QED) is 0.886. The predicted octanol–water partition coefficient (Wildman–Crippen LogP) is 1.94. The maximum absolute atomic E-state index is 12.0. The van der Waals surface area contributed by atoms with Crippen LogP contribution in [0.5, 0.6) is 0 Å². The van der Waals surface area contributed by atoms with Gasteiger partial charge in [0.1, 0.15) is 0 Å². The smallest absolute Gasteiger partial charge is 0.240 e. The van der Waals surface area contributed by atoms with Gasteiger partial charge in [0.25, 0.3) is 0 Å². The Morgan fingerprint density at radius 2 is 2.24 bits per heavy atom. The molecule has 112 valence electrons. The summed E-state index contributed by atoms with van der Waals surface area (Å²) in [5.41, 5.74) is 0.912. The summed E-state index contributed by atoms with van der Waals surface area (Å²) < 4.78 is 1.07. The molecule has 1 aromatic carbocycles. The summed E-state index contributed by atoms with van der Waals surface area (Å²) in [6.45, 7) is 1.20. The lowest BCUT2D eigenvalue weighted by Gasteiger charge is -2.34. The molecule has 1 heterocycles. The van der Waals surface area contributed by atoms with E-state index in [4.69, 9.17) is 0 Å². The number of aliphatic hydroxyl groups is 1. The molecular weight excluding hydrogens is 286 g/mol. The van der Waals surface area contributed by atoms with Crippen molar-refractivity contribution in [3.8, 4) is 0 Å². The van der Waals surface area contributed by atoms with Crippen LogP contribution in [0.1, 0.15) is 12.8 Å². The van der Waals surface area contributed by atoms with E-state index in [0.717, 1.165) is 29.6 Å². The molecule has 5 nitrogen and oxygen atoms in total. The zero-order chi connectivity index (χ0) is 14.8. The van der Waals surface area contributed by atoms with E-state index in [1.807, 2.05) is 36.2 Å². The van der Waals surface area contributed by atoms with Gasteiger partial charge in [-0.15, -0.1) is 0 Å². The predicted molar refractivity (Wildman–Crippen MR) is 84.5 cm³/mol. The van der Waals surface area contributed by atoms with Gasteiger partial charge in [0, 0.05) is 6.54 Å². The number of amides is 1. The molecule has 1 aliphatic rings. The van der Waals surface area contributed by atoms with Crippen molar-refractivity contribution in [1.29, 1.82) is 0 Å². The zero-order valence-corrected chi connectivity index (χ0v) is 12.8. The van der Waals surface area contributed by atoms with Crippen molar-refractivity contribution in [2.24, 2.45) is 5.92 Å². The minimum absolute atomic E-state index is 0.0450. The number of para-hydroxylation sites is 1. The molecule has 0 spiro atoms. The summed E-state index contributed by atoms with van der Waals surface area (Å²) in [5, 5.41) is 12.8. The Kier molecular flexibility index (Phi) is 4.19. The Labute approximate surface area is 127 Å². The lowest BCUT2D eigenvalue weighted by atomic mass is 9.82. The number of nitrogens with zero attached hydrogens (tertiary/aromatic N) is 2. The van der Waals surface area contributed by atoms with Crippen LogP contribution < -0.4 is 5.32 Å². The maximum atomic E-state index is 12.0.